The van der Waals surface area contributed by atoms with Gasteiger partial charge in [0.05, 0.1) is 13.7 Å². The number of hydrogen-bond donors (Lipinski definition) is 3. The van der Waals surface area contributed by atoms with E-state index in [1.165, 1.54) is 0 Å². The number of carbonyl (C=O) groups excluding carboxylic acids is 2. The average molecular weight is 466 g/mol. The third-order valence-electron chi connectivity index (χ3n) is 5.56. The van der Waals surface area contributed by atoms with Gasteiger partial charge < -0.3 is 14.8 Å². The molecule has 2 amide bonds. The number of fused-ring (bicyclic) bond motifs is 3. The number of methoxy groups -OCH3 is 1. The highest BCUT2D eigenvalue weighted by Gasteiger charge is 2.20. The molecule has 3 aromatic rings. The van der Waals surface area contributed by atoms with Gasteiger partial charge in [-0.15, -0.1) is 0 Å². The Morgan fingerprint density at radius 1 is 1.18 bits per heavy atom. The first-order valence-electron chi connectivity index (χ1n) is 11.2. The monoisotopic (exact) mass is 465 g/mol. The number of amides is 2. The van der Waals surface area contributed by atoms with Gasteiger partial charge in [0.2, 0.25) is 11.5 Å². The molecule has 1 aromatic heterocycles. The Kier molecular flexibility index (Phi) is 7.38. The summed E-state index contributed by atoms with van der Waals surface area (Å²) in [5.74, 6) is 1.08. The fourth-order valence-electron chi connectivity index (χ4n) is 3.88. The number of carbonyl (C=O) groups is 2. The zero-order valence-corrected chi connectivity index (χ0v) is 18.9. The van der Waals surface area contributed by atoms with Gasteiger partial charge in [0, 0.05) is 30.5 Å². The lowest BCUT2D eigenvalue weighted by Crippen LogP contribution is -2.25. The van der Waals surface area contributed by atoms with Gasteiger partial charge in [-0.05, 0) is 43.5 Å². The molecule has 0 radical (unpaired) electrons. The Bertz CT molecular complexity index is 1260. The highest BCUT2D eigenvalue weighted by atomic mass is 16.5. The van der Waals surface area contributed by atoms with Crippen LogP contribution in [0.25, 0.3) is 10.9 Å². The first-order valence-corrected chi connectivity index (χ1v) is 11.2. The Morgan fingerprint density at radius 2 is 2.00 bits per heavy atom. The predicted octanol–water partition coefficient (Wildman–Crippen LogP) is 2.66. The van der Waals surface area contributed by atoms with E-state index in [1.54, 1.807) is 36.9 Å². The van der Waals surface area contributed by atoms with E-state index in [4.69, 9.17) is 19.7 Å². The van der Waals surface area contributed by atoms with Gasteiger partial charge in [0.25, 0.3) is 5.91 Å². The van der Waals surface area contributed by atoms with Gasteiger partial charge in [-0.2, -0.15) is 4.99 Å². The number of hydrogen-bond acceptors (Lipinski definition) is 7. The summed E-state index contributed by atoms with van der Waals surface area (Å²) >= 11 is 0. The normalized spacial score (nSPS) is 12.8. The number of benzene rings is 2. The minimum absolute atomic E-state index is 0.267. The van der Waals surface area contributed by atoms with Crippen LogP contribution >= 0.6 is 0 Å². The van der Waals surface area contributed by atoms with Crippen LogP contribution in [0.15, 0.2) is 47.5 Å². The van der Waals surface area contributed by atoms with Crippen LogP contribution in [-0.2, 0) is 11.3 Å². The molecule has 178 valence electrons. The Balaban J connectivity index is 1.61. The molecule has 0 saturated heterocycles. The standard InChI is InChI=1S/C24H27N5O5/c1-33-21-18(34-15-7-3-6-10-19(30)28-32)12-11-17-20(21)26-24(29-14-13-25-22(17)29)27-23(31)16-8-4-2-5-9-16/h2,4-5,8-9,11-12,25,32H,3,6-7,10,13-15H2,1H3,(H,28,30). The average Bonchev–Trinajstić information content (AvgIpc) is 3.37. The molecule has 0 spiro atoms. The van der Waals surface area contributed by atoms with Gasteiger partial charge in [-0.1, -0.05) is 18.2 Å². The predicted molar refractivity (Wildman–Crippen MR) is 125 cm³/mol. The van der Waals surface area contributed by atoms with E-state index in [9.17, 15) is 9.59 Å². The van der Waals surface area contributed by atoms with Crippen molar-refractivity contribution in [2.75, 3.05) is 25.6 Å². The highest BCUT2D eigenvalue weighted by molar-refractivity contribution is 5.96. The van der Waals surface area contributed by atoms with E-state index >= 15 is 0 Å². The van der Waals surface area contributed by atoms with E-state index in [2.05, 4.69) is 10.3 Å². The number of anilines is 1. The van der Waals surface area contributed by atoms with Crippen LogP contribution in [0.3, 0.4) is 0 Å². The summed E-state index contributed by atoms with van der Waals surface area (Å²) in [5, 5.41) is 12.7. The zero-order chi connectivity index (χ0) is 23.9. The maximum atomic E-state index is 12.7. The lowest BCUT2D eigenvalue weighted by Gasteiger charge is -2.15. The van der Waals surface area contributed by atoms with Crippen molar-refractivity contribution in [3.8, 4) is 11.5 Å². The maximum absolute atomic E-state index is 12.7. The smallest absolute Gasteiger partial charge is 0.280 e. The van der Waals surface area contributed by atoms with Crippen LogP contribution < -0.4 is 25.9 Å². The molecule has 0 bridgehead atoms. The summed E-state index contributed by atoms with van der Waals surface area (Å²) in [6, 6.07) is 12.6. The molecule has 34 heavy (non-hydrogen) atoms. The number of rotatable bonds is 9. The fourth-order valence-corrected chi connectivity index (χ4v) is 3.88. The van der Waals surface area contributed by atoms with E-state index < -0.39 is 5.91 Å². The van der Waals surface area contributed by atoms with Crippen molar-refractivity contribution in [2.45, 2.75) is 32.2 Å². The molecule has 0 atom stereocenters. The molecule has 4 rings (SSSR count). The van der Waals surface area contributed by atoms with E-state index in [0.29, 0.717) is 54.3 Å². The molecule has 2 heterocycles. The van der Waals surface area contributed by atoms with Crippen LogP contribution in [-0.4, -0.2) is 46.8 Å². The number of nitrogens with zero attached hydrogens (tertiary/aromatic N) is 3. The number of aromatic nitrogens is 2. The van der Waals surface area contributed by atoms with Crippen molar-refractivity contribution in [3.05, 3.63) is 53.6 Å². The van der Waals surface area contributed by atoms with Crippen molar-refractivity contribution in [1.82, 2.24) is 15.0 Å². The second kappa shape index (κ2) is 10.8. The van der Waals surface area contributed by atoms with Crippen LogP contribution in [0.5, 0.6) is 11.5 Å². The lowest BCUT2D eigenvalue weighted by atomic mass is 10.2. The second-order valence-electron chi connectivity index (χ2n) is 7.81. The van der Waals surface area contributed by atoms with Gasteiger partial charge in [-0.3, -0.25) is 19.4 Å². The molecule has 3 N–H and O–H groups in total. The molecule has 0 unspecified atom stereocenters. The van der Waals surface area contributed by atoms with Crippen LogP contribution in [0.4, 0.5) is 5.82 Å². The van der Waals surface area contributed by atoms with Crippen molar-refractivity contribution in [2.24, 2.45) is 4.99 Å². The lowest BCUT2D eigenvalue weighted by molar-refractivity contribution is -0.129. The summed E-state index contributed by atoms with van der Waals surface area (Å²) in [6.07, 6.45) is 2.44. The maximum Gasteiger partial charge on any atom is 0.280 e. The largest absolute Gasteiger partial charge is 0.491 e. The second-order valence-corrected chi connectivity index (χ2v) is 7.81. The summed E-state index contributed by atoms with van der Waals surface area (Å²) in [4.78, 5) is 32.8. The van der Waals surface area contributed by atoms with Crippen LogP contribution in [0, 0.1) is 0 Å². The van der Waals surface area contributed by atoms with Gasteiger partial charge in [0.15, 0.2) is 11.5 Å². The van der Waals surface area contributed by atoms with Crippen molar-refractivity contribution < 1.29 is 24.3 Å². The molecule has 1 aliphatic rings. The minimum atomic E-state index is -0.394. The minimum Gasteiger partial charge on any atom is -0.491 e. The van der Waals surface area contributed by atoms with E-state index in [-0.39, 0.29) is 12.3 Å². The number of nitrogens with one attached hydrogen (secondary N) is 2. The van der Waals surface area contributed by atoms with Gasteiger partial charge in [-0.25, -0.2) is 10.5 Å². The van der Waals surface area contributed by atoms with E-state index in [1.807, 2.05) is 22.8 Å². The molecule has 10 nitrogen and oxygen atoms in total. The third-order valence-corrected chi connectivity index (χ3v) is 5.56. The van der Waals surface area contributed by atoms with Crippen molar-refractivity contribution in [1.29, 1.82) is 0 Å². The summed E-state index contributed by atoms with van der Waals surface area (Å²) in [6.45, 7) is 1.79. The zero-order valence-electron chi connectivity index (χ0n) is 18.9. The van der Waals surface area contributed by atoms with Crippen LogP contribution in [0.1, 0.15) is 36.0 Å². The molecule has 10 heteroatoms. The fraction of sp³-hybridized carbons (Fsp3) is 0.333. The van der Waals surface area contributed by atoms with Crippen LogP contribution in [0.2, 0.25) is 0 Å². The molecule has 0 saturated carbocycles. The topological polar surface area (TPSA) is 127 Å². The highest BCUT2D eigenvalue weighted by Crippen LogP contribution is 2.37. The molecule has 2 aromatic carbocycles. The summed E-state index contributed by atoms with van der Waals surface area (Å²) in [7, 11) is 1.55. The number of unbranched alkanes of at least 4 members (excludes halogenated alkanes) is 2. The molecular weight excluding hydrogens is 438 g/mol. The number of hydroxylamine groups is 1. The van der Waals surface area contributed by atoms with Crippen molar-refractivity contribution in [3.63, 3.8) is 0 Å². The quantitative estimate of drug-likeness (QED) is 0.252. The molecule has 0 aliphatic carbocycles. The Hall–Kier alpha value is -3.92. The van der Waals surface area contributed by atoms with Gasteiger partial charge >= 0.3 is 0 Å². The molecule has 0 fully saturated rings. The number of ether oxygens (including phenoxy) is 2. The third kappa shape index (κ3) is 5.01. The molecular formula is C24H27N5O5. The Labute approximate surface area is 196 Å². The Morgan fingerprint density at radius 3 is 2.76 bits per heavy atom. The summed E-state index contributed by atoms with van der Waals surface area (Å²) < 4.78 is 13.5. The first kappa shape index (κ1) is 23.2. The first-order chi connectivity index (χ1) is 16.6. The summed E-state index contributed by atoms with van der Waals surface area (Å²) in [5.41, 5.74) is 2.98. The van der Waals surface area contributed by atoms with Gasteiger partial charge in [0.1, 0.15) is 11.3 Å². The van der Waals surface area contributed by atoms with E-state index in [0.717, 1.165) is 24.0 Å². The van der Waals surface area contributed by atoms with Crippen molar-refractivity contribution >= 4 is 28.5 Å². The SMILES string of the molecule is COc1c(OCCCCCC(=O)NO)ccc2c3n(c(=NC(=O)c4ccccc4)nc12)CCN3. The molecule has 1 aliphatic heterocycles.